The second-order valence-electron chi connectivity index (χ2n) is 6.70. The Morgan fingerprint density at radius 2 is 1.56 bits per heavy atom. The molecule has 1 atom stereocenters. The number of benzene rings is 2. The zero-order valence-corrected chi connectivity index (χ0v) is 15.2. The molecule has 128 valence electrons. The van der Waals surface area contributed by atoms with Gasteiger partial charge in [-0.2, -0.15) is 0 Å². The van der Waals surface area contributed by atoms with Gasteiger partial charge in [-0.15, -0.1) is 0 Å². The van der Waals surface area contributed by atoms with Crippen LogP contribution in [0.1, 0.15) is 34.0 Å². The van der Waals surface area contributed by atoms with E-state index in [-0.39, 0.29) is 0 Å². The number of rotatable bonds is 4. The van der Waals surface area contributed by atoms with Crippen molar-refractivity contribution in [2.45, 2.75) is 33.9 Å². The molecule has 3 nitrogen and oxygen atoms in total. The summed E-state index contributed by atoms with van der Waals surface area (Å²) in [4.78, 5) is 4.53. The first-order valence-electron chi connectivity index (χ1n) is 8.49. The molecule has 0 saturated heterocycles. The number of aliphatic hydroxyl groups excluding tert-OH is 1. The summed E-state index contributed by atoms with van der Waals surface area (Å²) in [5, 5.41) is 13.6. The van der Waals surface area contributed by atoms with Crippen LogP contribution in [0.3, 0.4) is 0 Å². The number of nitrogens with one attached hydrogen (secondary N) is 1. The average Bonchev–Trinajstić information content (AvgIpc) is 2.57. The Morgan fingerprint density at radius 1 is 0.840 bits per heavy atom. The summed E-state index contributed by atoms with van der Waals surface area (Å²) >= 11 is 0. The van der Waals surface area contributed by atoms with Gasteiger partial charge in [0.05, 0.1) is 5.69 Å². The predicted molar refractivity (Wildman–Crippen MR) is 104 cm³/mol. The highest BCUT2D eigenvalue weighted by Gasteiger charge is 2.09. The molecule has 0 spiro atoms. The van der Waals surface area contributed by atoms with Gasteiger partial charge in [0.1, 0.15) is 0 Å². The Morgan fingerprint density at radius 3 is 2.16 bits per heavy atom. The number of hydrogen-bond donors (Lipinski definition) is 2. The van der Waals surface area contributed by atoms with E-state index in [4.69, 9.17) is 0 Å². The maximum atomic E-state index is 10.4. The molecule has 0 saturated carbocycles. The molecule has 0 radical (unpaired) electrons. The average molecular weight is 332 g/mol. The van der Waals surface area contributed by atoms with Crippen LogP contribution in [-0.4, -0.2) is 10.1 Å². The predicted octanol–water partition coefficient (Wildman–Crippen LogP) is 5.09. The van der Waals surface area contributed by atoms with Crippen molar-refractivity contribution in [3.8, 4) is 11.3 Å². The lowest BCUT2D eigenvalue weighted by Crippen LogP contribution is -2.10. The first-order valence-corrected chi connectivity index (χ1v) is 8.49. The van der Waals surface area contributed by atoms with Gasteiger partial charge in [0.15, 0.2) is 6.23 Å². The second kappa shape index (κ2) is 7.08. The Kier molecular flexibility index (Phi) is 4.86. The molecule has 25 heavy (non-hydrogen) atoms. The van der Waals surface area contributed by atoms with E-state index < -0.39 is 6.23 Å². The van der Waals surface area contributed by atoms with Crippen LogP contribution in [-0.2, 0) is 0 Å². The molecule has 2 N–H and O–H groups in total. The molecular formula is C22H24N2O. The molecule has 0 aliphatic carbocycles. The fourth-order valence-electron chi connectivity index (χ4n) is 2.93. The lowest BCUT2D eigenvalue weighted by molar-refractivity contribution is 0.208. The van der Waals surface area contributed by atoms with E-state index in [9.17, 15) is 5.11 Å². The van der Waals surface area contributed by atoms with Gasteiger partial charge in [-0.05, 0) is 69.2 Å². The van der Waals surface area contributed by atoms with Gasteiger partial charge in [-0.3, -0.25) is 4.98 Å². The number of aliphatic hydroxyl groups is 1. The van der Waals surface area contributed by atoms with Crippen LogP contribution >= 0.6 is 0 Å². The van der Waals surface area contributed by atoms with Crippen molar-refractivity contribution < 1.29 is 5.11 Å². The van der Waals surface area contributed by atoms with Crippen molar-refractivity contribution in [1.29, 1.82) is 0 Å². The monoisotopic (exact) mass is 332 g/mol. The zero-order chi connectivity index (χ0) is 18.0. The first kappa shape index (κ1) is 17.2. The molecule has 0 aliphatic heterocycles. The van der Waals surface area contributed by atoms with E-state index in [0.717, 1.165) is 22.5 Å². The molecular weight excluding hydrogens is 308 g/mol. The van der Waals surface area contributed by atoms with E-state index in [1.54, 1.807) is 6.20 Å². The van der Waals surface area contributed by atoms with Crippen LogP contribution in [0.25, 0.3) is 11.3 Å². The molecule has 1 unspecified atom stereocenters. The summed E-state index contributed by atoms with van der Waals surface area (Å²) in [7, 11) is 0. The largest absolute Gasteiger partial charge is 0.369 e. The SMILES string of the molecule is Cc1cc(C)cc(-c2ccc(C(O)Nc3ccc(C)c(C)c3)cn2)c1. The van der Waals surface area contributed by atoms with Crippen LogP contribution in [0.5, 0.6) is 0 Å². The van der Waals surface area contributed by atoms with Crippen molar-refractivity contribution in [2.24, 2.45) is 0 Å². The molecule has 2 aromatic carbocycles. The van der Waals surface area contributed by atoms with Gasteiger partial charge in [-0.1, -0.05) is 29.3 Å². The van der Waals surface area contributed by atoms with Gasteiger partial charge in [-0.25, -0.2) is 0 Å². The van der Waals surface area contributed by atoms with Gasteiger partial charge in [0.25, 0.3) is 0 Å². The van der Waals surface area contributed by atoms with Gasteiger partial charge in [0.2, 0.25) is 0 Å². The number of aromatic nitrogens is 1. The van der Waals surface area contributed by atoms with E-state index in [0.29, 0.717) is 0 Å². The first-order chi connectivity index (χ1) is 11.9. The summed E-state index contributed by atoms with van der Waals surface area (Å²) < 4.78 is 0. The molecule has 1 heterocycles. The number of nitrogens with zero attached hydrogens (tertiary/aromatic N) is 1. The minimum Gasteiger partial charge on any atom is -0.369 e. The maximum absolute atomic E-state index is 10.4. The fourth-order valence-corrected chi connectivity index (χ4v) is 2.93. The summed E-state index contributed by atoms with van der Waals surface area (Å²) in [5.74, 6) is 0. The highest BCUT2D eigenvalue weighted by Crippen LogP contribution is 2.23. The van der Waals surface area contributed by atoms with Gasteiger partial charge >= 0.3 is 0 Å². The third-order valence-electron chi connectivity index (χ3n) is 4.43. The molecule has 3 rings (SSSR count). The standard InChI is InChI=1S/C22H24N2O/c1-14-9-15(2)11-19(10-14)21-8-6-18(13-23-21)22(25)24-20-7-5-16(3)17(4)12-20/h5-13,22,24-25H,1-4H3. The number of hydrogen-bond acceptors (Lipinski definition) is 3. The zero-order valence-electron chi connectivity index (χ0n) is 15.2. The lowest BCUT2D eigenvalue weighted by atomic mass is 10.0. The molecule has 0 amide bonds. The van der Waals surface area contributed by atoms with Crippen molar-refractivity contribution in [1.82, 2.24) is 4.98 Å². The minimum atomic E-state index is -0.789. The van der Waals surface area contributed by atoms with Crippen molar-refractivity contribution in [3.05, 3.63) is 82.5 Å². The smallest absolute Gasteiger partial charge is 0.152 e. The van der Waals surface area contributed by atoms with Crippen molar-refractivity contribution in [3.63, 3.8) is 0 Å². The summed E-state index contributed by atoms with van der Waals surface area (Å²) in [6, 6.07) is 16.3. The number of aryl methyl sites for hydroxylation is 4. The van der Waals surface area contributed by atoms with E-state index in [1.165, 1.54) is 22.3 Å². The summed E-state index contributed by atoms with van der Waals surface area (Å²) in [6.07, 6.45) is 0.939. The lowest BCUT2D eigenvalue weighted by Gasteiger charge is -2.16. The molecule has 1 aromatic heterocycles. The maximum Gasteiger partial charge on any atom is 0.152 e. The fraction of sp³-hybridized carbons (Fsp3) is 0.227. The van der Waals surface area contributed by atoms with E-state index in [2.05, 4.69) is 56.2 Å². The van der Waals surface area contributed by atoms with Crippen LogP contribution in [0.4, 0.5) is 5.69 Å². The summed E-state index contributed by atoms with van der Waals surface area (Å²) in [6.45, 7) is 8.31. The van der Waals surface area contributed by atoms with Gasteiger partial charge < -0.3 is 10.4 Å². The topological polar surface area (TPSA) is 45.1 Å². The van der Waals surface area contributed by atoms with Crippen LogP contribution in [0, 0.1) is 27.7 Å². The normalized spacial score (nSPS) is 12.0. The quantitative estimate of drug-likeness (QED) is 0.655. The van der Waals surface area contributed by atoms with Crippen LogP contribution in [0.2, 0.25) is 0 Å². The Labute approximate surface area is 149 Å². The molecule has 0 bridgehead atoms. The Bertz CT molecular complexity index is 865. The van der Waals surface area contributed by atoms with Crippen LogP contribution in [0.15, 0.2) is 54.7 Å². The van der Waals surface area contributed by atoms with Crippen molar-refractivity contribution >= 4 is 5.69 Å². The second-order valence-corrected chi connectivity index (χ2v) is 6.70. The van der Waals surface area contributed by atoms with Gasteiger partial charge in [0, 0.05) is 23.0 Å². The third-order valence-corrected chi connectivity index (χ3v) is 4.43. The van der Waals surface area contributed by atoms with E-state index >= 15 is 0 Å². The van der Waals surface area contributed by atoms with E-state index in [1.807, 2.05) is 30.3 Å². The molecule has 0 aliphatic rings. The third kappa shape index (κ3) is 4.06. The highest BCUT2D eigenvalue weighted by molar-refractivity contribution is 5.61. The number of anilines is 1. The molecule has 0 fully saturated rings. The highest BCUT2D eigenvalue weighted by atomic mass is 16.3. The Balaban J connectivity index is 1.78. The molecule has 3 aromatic rings. The molecule has 3 heteroatoms. The number of pyridine rings is 1. The summed E-state index contributed by atoms with van der Waals surface area (Å²) in [5.41, 5.74) is 8.52. The van der Waals surface area contributed by atoms with Crippen LogP contribution < -0.4 is 5.32 Å². The Hall–Kier alpha value is -2.65. The van der Waals surface area contributed by atoms with Crippen molar-refractivity contribution in [2.75, 3.05) is 5.32 Å². The minimum absolute atomic E-state index is 0.742.